The van der Waals surface area contributed by atoms with Crippen LogP contribution in [-0.2, 0) is 27.2 Å². The maximum atomic E-state index is 13.4. The summed E-state index contributed by atoms with van der Waals surface area (Å²) in [4.78, 5) is 43.3. The van der Waals surface area contributed by atoms with Gasteiger partial charge in [0.2, 0.25) is 11.7 Å². The molecule has 2 aliphatic carbocycles. The first-order valence-electron chi connectivity index (χ1n) is 13.4. The van der Waals surface area contributed by atoms with Crippen LogP contribution in [0.15, 0.2) is 33.3 Å². The van der Waals surface area contributed by atoms with E-state index >= 15 is 0 Å². The number of carbonyl (C=O) groups is 3. The fourth-order valence-corrected chi connectivity index (χ4v) is 8.01. The van der Waals surface area contributed by atoms with Crippen molar-refractivity contribution < 1.29 is 14.4 Å². The normalized spacial score (nSPS) is 23.7. The predicted octanol–water partition coefficient (Wildman–Crippen LogP) is 5.99. The second-order valence-electron chi connectivity index (χ2n) is 10.9. The van der Waals surface area contributed by atoms with E-state index in [0.29, 0.717) is 5.92 Å². The number of ketones is 1. The molecule has 5 rings (SSSR count). The molecule has 2 fully saturated rings. The lowest BCUT2D eigenvalue weighted by molar-refractivity contribution is -0.139. The monoisotopic (exact) mass is 663 g/mol. The number of Topliss-reactive ketones (excluding diaryl/α,β-unsaturated/α-hetero) is 1. The fraction of sp³-hybridized carbons (Fsp3) is 0.517. The van der Waals surface area contributed by atoms with E-state index in [9.17, 15) is 14.4 Å². The molecule has 3 aliphatic rings. The second kappa shape index (κ2) is 11.8. The zero-order chi connectivity index (χ0) is 27.0. The highest BCUT2D eigenvalue weighted by Crippen LogP contribution is 2.46. The molecule has 0 unspecified atom stereocenters. The number of fused-ring (bicyclic) bond motifs is 2. The van der Waals surface area contributed by atoms with Crippen LogP contribution in [0.3, 0.4) is 0 Å². The quantitative estimate of drug-likeness (QED) is 0.407. The number of hydrogen-bond acceptors (Lipinski definition) is 4. The van der Waals surface area contributed by atoms with Gasteiger partial charge in [-0.3, -0.25) is 19.4 Å². The fourth-order valence-electron chi connectivity index (χ4n) is 6.51. The van der Waals surface area contributed by atoms with Crippen molar-refractivity contribution in [2.24, 2.45) is 11.8 Å². The first-order chi connectivity index (χ1) is 18.2. The summed E-state index contributed by atoms with van der Waals surface area (Å²) < 4.78 is 2.03. The van der Waals surface area contributed by atoms with Crippen molar-refractivity contribution in [3.05, 3.63) is 60.7 Å². The molecule has 38 heavy (non-hydrogen) atoms. The van der Waals surface area contributed by atoms with Gasteiger partial charge >= 0.3 is 0 Å². The van der Waals surface area contributed by atoms with Gasteiger partial charge in [0.25, 0.3) is 5.91 Å². The molecule has 1 atom stereocenters. The minimum atomic E-state index is -0.528. The average Bonchev–Trinajstić information content (AvgIpc) is 3.05. The Morgan fingerprint density at radius 2 is 1.66 bits per heavy atom. The molecule has 2 aromatic rings. The van der Waals surface area contributed by atoms with Gasteiger partial charge in [0.05, 0.1) is 5.69 Å². The van der Waals surface area contributed by atoms with Crippen LogP contribution in [0.1, 0.15) is 73.8 Å². The predicted molar refractivity (Wildman–Crippen MR) is 154 cm³/mol. The van der Waals surface area contributed by atoms with Crippen LogP contribution in [-0.4, -0.2) is 46.6 Å². The third kappa shape index (κ3) is 5.87. The molecule has 1 saturated heterocycles. The molecule has 0 radical (unpaired) electrons. The van der Waals surface area contributed by atoms with E-state index < -0.39 is 11.7 Å². The lowest BCUT2D eigenvalue weighted by Crippen LogP contribution is -2.46. The molecule has 202 valence electrons. The smallest absolute Gasteiger partial charge is 0.287 e. The molecule has 2 heterocycles. The van der Waals surface area contributed by atoms with Gasteiger partial charge in [-0.15, -0.1) is 0 Å². The number of carbonyl (C=O) groups excluding carboxylic acids is 3. The van der Waals surface area contributed by atoms with Gasteiger partial charge in [-0.2, -0.15) is 0 Å². The molecule has 1 aromatic heterocycles. The van der Waals surface area contributed by atoms with Crippen LogP contribution in [0.2, 0.25) is 5.02 Å². The SMILES string of the molecule is CC(=O)C(=O)NC1CCC(C(=O)N2CCC([C@H]3c4ncc(Br)cc4CCc4cc(Cl)cc(Br)c43)CC2)CC1. The van der Waals surface area contributed by atoms with Crippen LogP contribution < -0.4 is 5.32 Å². The van der Waals surface area contributed by atoms with Gasteiger partial charge in [0.1, 0.15) is 0 Å². The maximum absolute atomic E-state index is 13.4. The summed E-state index contributed by atoms with van der Waals surface area (Å²) in [6.45, 7) is 2.77. The van der Waals surface area contributed by atoms with E-state index in [0.717, 1.165) is 84.1 Å². The number of pyridine rings is 1. The number of likely N-dealkylation sites (tertiary alicyclic amines) is 1. The topological polar surface area (TPSA) is 79.4 Å². The highest BCUT2D eigenvalue weighted by molar-refractivity contribution is 9.10. The summed E-state index contributed by atoms with van der Waals surface area (Å²) in [5.41, 5.74) is 4.98. The van der Waals surface area contributed by atoms with E-state index in [4.69, 9.17) is 16.6 Å². The number of nitrogens with zero attached hydrogens (tertiary/aromatic N) is 2. The van der Waals surface area contributed by atoms with Crippen LogP contribution in [0.25, 0.3) is 0 Å². The minimum absolute atomic E-state index is 0.00772. The van der Waals surface area contributed by atoms with Crippen LogP contribution in [0, 0.1) is 11.8 Å². The third-order valence-corrected chi connectivity index (χ3v) is 9.78. The molecule has 1 aliphatic heterocycles. The largest absolute Gasteiger partial charge is 0.347 e. The Labute approximate surface area is 245 Å². The maximum Gasteiger partial charge on any atom is 0.287 e. The minimum Gasteiger partial charge on any atom is -0.347 e. The number of hydrogen-bond donors (Lipinski definition) is 1. The van der Waals surface area contributed by atoms with Gasteiger partial charge < -0.3 is 10.2 Å². The van der Waals surface area contributed by atoms with Gasteiger partial charge in [-0.05, 0) is 108 Å². The van der Waals surface area contributed by atoms with E-state index in [1.165, 1.54) is 23.6 Å². The van der Waals surface area contributed by atoms with Crippen LogP contribution in [0.4, 0.5) is 0 Å². The Morgan fingerprint density at radius 1 is 0.974 bits per heavy atom. The summed E-state index contributed by atoms with van der Waals surface area (Å²) in [5, 5.41) is 3.54. The number of benzene rings is 1. The molecule has 2 amide bonds. The molecule has 6 nitrogen and oxygen atoms in total. The first-order valence-corrected chi connectivity index (χ1v) is 15.4. The number of aryl methyl sites for hydroxylation is 2. The number of amides is 2. The molecular weight excluding hydrogens is 634 g/mol. The Balaban J connectivity index is 1.28. The number of nitrogens with one attached hydrogen (secondary N) is 1. The van der Waals surface area contributed by atoms with Gasteiger partial charge in [0.15, 0.2) is 0 Å². The average molecular weight is 666 g/mol. The van der Waals surface area contributed by atoms with E-state index in [1.54, 1.807) is 0 Å². The molecular formula is C29H32Br2ClN3O3. The van der Waals surface area contributed by atoms with Crippen molar-refractivity contribution in [1.29, 1.82) is 0 Å². The van der Waals surface area contributed by atoms with Crippen molar-refractivity contribution in [3.8, 4) is 0 Å². The van der Waals surface area contributed by atoms with E-state index in [-0.39, 0.29) is 23.8 Å². The number of aromatic nitrogens is 1. The zero-order valence-electron chi connectivity index (χ0n) is 21.4. The molecule has 1 N–H and O–H groups in total. The van der Waals surface area contributed by atoms with Crippen LogP contribution in [0.5, 0.6) is 0 Å². The molecule has 9 heteroatoms. The molecule has 1 saturated carbocycles. The third-order valence-electron chi connectivity index (χ3n) is 8.47. The summed E-state index contributed by atoms with van der Waals surface area (Å²) >= 11 is 13.9. The highest BCUT2D eigenvalue weighted by Gasteiger charge is 2.38. The first kappa shape index (κ1) is 27.8. The van der Waals surface area contributed by atoms with Crippen LogP contribution >= 0.6 is 43.5 Å². The van der Waals surface area contributed by atoms with Crippen molar-refractivity contribution >= 4 is 61.1 Å². The van der Waals surface area contributed by atoms with Gasteiger partial charge in [-0.1, -0.05) is 27.5 Å². The number of piperidine rings is 1. The molecule has 0 spiro atoms. The zero-order valence-corrected chi connectivity index (χ0v) is 25.4. The standard InChI is InChI=1S/C29H32Br2ClN3O3/c1-16(36)28(37)34-23-6-4-18(5-7-23)29(38)35-10-8-17(9-11-35)26-25-19(13-22(32)14-24(25)31)2-3-20-12-21(30)15-33-27(20)26/h12-15,17-18,23,26H,2-11H2,1H3,(H,34,37)/t18?,23?,26-/m1/s1. The number of rotatable bonds is 4. The highest BCUT2D eigenvalue weighted by atomic mass is 79.9. The lowest BCUT2D eigenvalue weighted by Gasteiger charge is -2.39. The van der Waals surface area contributed by atoms with E-state index in [1.807, 2.05) is 17.2 Å². The van der Waals surface area contributed by atoms with Crippen molar-refractivity contribution in [3.63, 3.8) is 0 Å². The Morgan fingerprint density at radius 3 is 2.34 bits per heavy atom. The Hall–Kier alpha value is -1.77. The second-order valence-corrected chi connectivity index (χ2v) is 13.1. The summed E-state index contributed by atoms with van der Waals surface area (Å²) in [6, 6.07) is 6.27. The van der Waals surface area contributed by atoms with Crippen molar-refractivity contribution in [2.75, 3.05) is 13.1 Å². The summed E-state index contributed by atoms with van der Waals surface area (Å²) in [6.07, 6.45) is 8.55. The number of halogens is 3. The molecule has 0 bridgehead atoms. The summed E-state index contributed by atoms with van der Waals surface area (Å²) in [7, 11) is 0. The van der Waals surface area contributed by atoms with Gasteiger partial charge in [-0.25, -0.2) is 0 Å². The Bertz CT molecular complexity index is 1250. The van der Waals surface area contributed by atoms with Crippen molar-refractivity contribution in [2.45, 2.75) is 70.3 Å². The lowest BCUT2D eigenvalue weighted by atomic mass is 9.76. The Kier molecular flexibility index (Phi) is 8.60. The van der Waals surface area contributed by atoms with E-state index in [2.05, 4.69) is 49.3 Å². The van der Waals surface area contributed by atoms with Gasteiger partial charge in [0, 0.05) is 58.1 Å². The molecule has 1 aromatic carbocycles. The summed E-state index contributed by atoms with van der Waals surface area (Å²) in [5.74, 6) is -0.247. The van der Waals surface area contributed by atoms with Crippen molar-refractivity contribution in [1.82, 2.24) is 15.2 Å².